The quantitative estimate of drug-likeness (QED) is 0.638. The topological polar surface area (TPSA) is 69.6 Å². The van der Waals surface area contributed by atoms with Gasteiger partial charge in [-0.15, -0.1) is 0 Å². The standard InChI is InChI=1S/C10H22N2O3S/c1-12(6-3-7-16(2,14)15)9-10(13)4-5-11-8-10/h11,13H,3-9H2,1-2H3. The van der Waals surface area contributed by atoms with Crippen LogP contribution in [0.2, 0.25) is 0 Å². The Morgan fingerprint density at radius 2 is 2.19 bits per heavy atom. The van der Waals surface area contributed by atoms with Crippen LogP contribution >= 0.6 is 0 Å². The highest BCUT2D eigenvalue weighted by Crippen LogP contribution is 2.15. The van der Waals surface area contributed by atoms with Crippen molar-refractivity contribution in [1.29, 1.82) is 0 Å². The normalized spacial score (nSPS) is 26.5. The van der Waals surface area contributed by atoms with E-state index in [1.165, 1.54) is 6.26 Å². The number of nitrogens with one attached hydrogen (secondary N) is 1. The maximum absolute atomic E-state index is 10.9. The second-order valence-electron chi connectivity index (χ2n) is 4.87. The van der Waals surface area contributed by atoms with Crippen LogP contribution in [0.1, 0.15) is 12.8 Å². The molecule has 1 atom stereocenters. The summed E-state index contributed by atoms with van der Waals surface area (Å²) in [6.07, 6.45) is 2.64. The van der Waals surface area contributed by atoms with Crippen molar-refractivity contribution in [3.05, 3.63) is 0 Å². The van der Waals surface area contributed by atoms with E-state index in [0.29, 0.717) is 26.1 Å². The minimum atomic E-state index is -2.86. The Kier molecular flexibility index (Phi) is 4.73. The zero-order valence-corrected chi connectivity index (χ0v) is 10.9. The van der Waals surface area contributed by atoms with Gasteiger partial charge in [-0.3, -0.25) is 0 Å². The lowest BCUT2D eigenvalue weighted by molar-refractivity contribution is 0.0285. The van der Waals surface area contributed by atoms with E-state index in [4.69, 9.17) is 0 Å². The van der Waals surface area contributed by atoms with E-state index in [-0.39, 0.29) is 5.75 Å². The van der Waals surface area contributed by atoms with Gasteiger partial charge >= 0.3 is 0 Å². The number of hydrogen-bond donors (Lipinski definition) is 2. The van der Waals surface area contributed by atoms with Crippen LogP contribution in [0.25, 0.3) is 0 Å². The SMILES string of the molecule is CN(CCCS(C)(=O)=O)CC1(O)CCNC1. The number of rotatable bonds is 6. The monoisotopic (exact) mass is 250 g/mol. The second kappa shape index (κ2) is 5.44. The number of aliphatic hydroxyl groups is 1. The Morgan fingerprint density at radius 3 is 2.69 bits per heavy atom. The largest absolute Gasteiger partial charge is 0.387 e. The Balaban J connectivity index is 2.23. The van der Waals surface area contributed by atoms with Gasteiger partial charge in [0.15, 0.2) is 0 Å². The fourth-order valence-electron chi connectivity index (χ4n) is 2.04. The predicted molar refractivity (Wildman–Crippen MR) is 64.3 cm³/mol. The molecule has 0 radical (unpaired) electrons. The molecule has 0 amide bonds. The molecule has 0 aromatic rings. The summed E-state index contributed by atoms with van der Waals surface area (Å²) in [7, 11) is -0.949. The molecule has 1 saturated heterocycles. The first-order chi connectivity index (χ1) is 7.31. The maximum atomic E-state index is 10.9. The Hall–Kier alpha value is -0.170. The lowest BCUT2D eigenvalue weighted by atomic mass is 10.0. The minimum Gasteiger partial charge on any atom is -0.387 e. The van der Waals surface area contributed by atoms with E-state index in [1.54, 1.807) is 0 Å². The van der Waals surface area contributed by atoms with Crippen LogP contribution in [0.15, 0.2) is 0 Å². The fourth-order valence-corrected chi connectivity index (χ4v) is 2.70. The smallest absolute Gasteiger partial charge is 0.147 e. The van der Waals surface area contributed by atoms with Gasteiger partial charge in [0.2, 0.25) is 0 Å². The Morgan fingerprint density at radius 1 is 1.50 bits per heavy atom. The van der Waals surface area contributed by atoms with Crippen LogP contribution in [-0.2, 0) is 9.84 Å². The summed E-state index contributed by atoms with van der Waals surface area (Å²) >= 11 is 0. The van der Waals surface area contributed by atoms with Crippen LogP contribution in [0.5, 0.6) is 0 Å². The van der Waals surface area contributed by atoms with Gasteiger partial charge in [0.1, 0.15) is 9.84 Å². The molecular formula is C10H22N2O3S. The highest BCUT2D eigenvalue weighted by molar-refractivity contribution is 7.90. The highest BCUT2D eigenvalue weighted by atomic mass is 32.2. The van der Waals surface area contributed by atoms with Gasteiger partial charge in [-0.1, -0.05) is 0 Å². The third-order valence-electron chi connectivity index (χ3n) is 2.84. The zero-order valence-electron chi connectivity index (χ0n) is 10.1. The number of sulfone groups is 1. The number of hydrogen-bond acceptors (Lipinski definition) is 5. The molecule has 96 valence electrons. The summed E-state index contributed by atoms with van der Waals surface area (Å²) in [4.78, 5) is 2.00. The molecule has 1 fully saturated rings. The van der Waals surface area contributed by atoms with E-state index < -0.39 is 15.4 Å². The summed E-state index contributed by atoms with van der Waals surface area (Å²) in [5.74, 6) is 0.216. The third-order valence-corrected chi connectivity index (χ3v) is 3.87. The van der Waals surface area contributed by atoms with Gasteiger partial charge in [0.05, 0.1) is 11.4 Å². The average molecular weight is 250 g/mol. The van der Waals surface area contributed by atoms with Crippen LogP contribution in [0.4, 0.5) is 0 Å². The molecule has 5 nitrogen and oxygen atoms in total. The van der Waals surface area contributed by atoms with E-state index in [9.17, 15) is 13.5 Å². The van der Waals surface area contributed by atoms with Crippen molar-refractivity contribution in [2.24, 2.45) is 0 Å². The van der Waals surface area contributed by atoms with Gasteiger partial charge in [0.25, 0.3) is 0 Å². The van der Waals surface area contributed by atoms with Gasteiger partial charge in [0, 0.05) is 19.3 Å². The predicted octanol–water partition coefficient (Wildman–Crippen LogP) is -0.923. The molecule has 0 aliphatic carbocycles. The lowest BCUT2D eigenvalue weighted by Gasteiger charge is -2.27. The molecule has 1 rings (SSSR count). The highest BCUT2D eigenvalue weighted by Gasteiger charge is 2.31. The number of nitrogens with zero attached hydrogens (tertiary/aromatic N) is 1. The average Bonchev–Trinajstić information content (AvgIpc) is 2.49. The molecule has 16 heavy (non-hydrogen) atoms. The van der Waals surface area contributed by atoms with Crippen molar-refractivity contribution in [1.82, 2.24) is 10.2 Å². The van der Waals surface area contributed by atoms with E-state index >= 15 is 0 Å². The molecule has 2 N–H and O–H groups in total. The Labute approximate surface area is 97.7 Å². The zero-order chi connectivity index (χ0) is 12.2. The van der Waals surface area contributed by atoms with Crippen LogP contribution in [0.3, 0.4) is 0 Å². The minimum absolute atomic E-state index is 0.216. The van der Waals surface area contributed by atoms with Crippen molar-refractivity contribution in [2.75, 3.05) is 45.2 Å². The van der Waals surface area contributed by atoms with Crippen molar-refractivity contribution >= 4 is 9.84 Å². The second-order valence-corrected chi connectivity index (χ2v) is 7.13. The number of β-amino-alcohol motifs (C(OH)–C–C–N with tert-alkyl or cyclic N) is 1. The van der Waals surface area contributed by atoms with Gasteiger partial charge in [-0.05, 0) is 33.0 Å². The molecule has 6 heteroatoms. The van der Waals surface area contributed by atoms with Crippen molar-refractivity contribution < 1.29 is 13.5 Å². The molecule has 0 spiro atoms. The fraction of sp³-hybridized carbons (Fsp3) is 1.00. The molecule has 0 aromatic carbocycles. The van der Waals surface area contributed by atoms with E-state index in [0.717, 1.165) is 13.0 Å². The van der Waals surface area contributed by atoms with E-state index in [1.807, 2.05) is 11.9 Å². The summed E-state index contributed by atoms with van der Waals surface area (Å²) in [5.41, 5.74) is -0.639. The van der Waals surface area contributed by atoms with Crippen molar-refractivity contribution in [3.63, 3.8) is 0 Å². The molecule has 1 aliphatic rings. The molecule has 1 aliphatic heterocycles. The summed E-state index contributed by atoms with van der Waals surface area (Å²) < 4.78 is 21.9. The van der Waals surface area contributed by atoms with Crippen LogP contribution in [-0.4, -0.2) is 69.3 Å². The summed E-state index contributed by atoms with van der Waals surface area (Å²) in [6, 6.07) is 0. The van der Waals surface area contributed by atoms with Gasteiger partial charge in [-0.25, -0.2) is 8.42 Å². The molecule has 0 saturated carbocycles. The van der Waals surface area contributed by atoms with Crippen molar-refractivity contribution in [2.45, 2.75) is 18.4 Å². The summed E-state index contributed by atoms with van der Waals surface area (Å²) in [6.45, 7) is 2.79. The molecule has 1 heterocycles. The number of likely N-dealkylation sites (N-methyl/N-ethyl adjacent to an activating group) is 1. The summed E-state index contributed by atoms with van der Waals surface area (Å²) in [5, 5.41) is 13.2. The first-order valence-electron chi connectivity index (χ1n) is 5.60. The first kappa shape index (κ1) is 13.9. The molecule has 0 bridgehead atoms. The third kappa shape index (κ3) is 5.25. The van der Waals surface area contributed by atoms with Crippen molar-refractivity contribution in [3.8, 4) is 0 Å². The van der Waals surface area contributed by atoms with Gasteiger partial charge < -0.3 is 15.3 Å². The first-order valence-corrected chi connectivity index (χ1v) is 7.66. The Bertz CT molecular complexity index is 310. The van der Waals surface area contributed by atoms with Gasteiger partial charge in [-0.2, -0.15) is 0 Å². The lowest BCUT2D eigenvalue weighted by Crippen LogP contribution is -2.43. The maximum Gasteiger partial charge on any atom is 0.147 e. The van der Waals surface area contributed by atoms with E-state index in [2.05, 4.69) is 5.32 Å². The molecule has 1 unspecified atom stereocenters. The molecule has 0 aromatic heterocycles. The molecular weight excluding hydrogens is 228 g/mol. The van der Waals surface area contributed by atoms with Crippen LogP contribution in [0, 0.1) is 0 Å². The van der Waals surface area contributed by atoms with Crippen LogP contribution < -0.4 is 5.32 Å².